The Morgan fingerprint density at radius 3 is 2.96 bits per heavy atom. The van der Waals surface area contributed by atoms with Gasteiger partial charge in [-0.3, -0.25) is 10.3 Å². The Labute approximate surface area is 149 Å². The number of nitrogens with zero attached hydrogens (tertiary/aromatic N) is 3. The summed E-state index contributed by atoms with van der Waals surface area (Å²) in [6.45, 7) is 1.64. The quantitative estimate of drug-likeness (QED) is 0.628. The molecule has 0 amide bonds. The molecule has 0 bridgehead atoms. The summed E-state index contributed by atoms with van der Waals surface area (Å²) < 4.78 is 35.5. The first-order chi connectivity index (χ1) is 12.3. The Bertz CT molecular complexity index is 748. The van der Waals surface area contributed by atoms with Gasteiger partial charge in [-0.2, -0.15) is 14.0 Å². The van der Waals surface area contributed by atoms with E-state index in [4.69, 9.17) is 10.00 Å². The minimum atomic E-state index is -2.95. The van der Waals surface area contributed by atoms with Gasteiger partial charge in [-0.1, -0.05) is 0 Å². The van der Waals surface area contributed by atoms with E-state index < -0.39 is 24.4 Å². The molecule has 9 heteroatoms. The fourth-order valence-electron chi connectivity index (χ4n) is 3.31. The van der Waals surface area contributed by atoms with Gasteiger partial charge in [-0.15, -0.1) is 0 Å². The molecule has 1 aromatic rings. The van der Waals surface area contributed by atoms with Crippen LogP contribution in [-0.4, -0.2) is 47.4 Å². The standard InChI is InChI=1S/C17H20F2N4O3/c1-17(2)14(24)13(23-7-3-6-21-16(23)22-9-20)11-8-10(25-15(18)19)4-5-12(11)26-17/h4-5,8,13-15,24H,3,6-7H2,1-2H3,(H,21,22). The zero-order valence-corrected chi connectivity index (χ0v) is 14.4. The van der Waals surface area contributed by atoms with E-state index in [0.29, 0.717) is 30.4 Å². The molecule has 2 unspecified atom stereocenters. The van der Waals surface area contributed by atoms with Gasteiger partial charge in [0.25, 0.3) is 0 Å². The topological polar surface area (TPSA) is 90.1 Å². The van der Waals surface area contributed by atoms with Crippen molar-refractivity contribution < 1.29 is 23.4 Å². The Morgan fingerprint density at radius 2 is 2.27 bits per heavy atom. The number of ether oxygens (including phenoxy) is 2. The largest absolute Gasteiger partial charge is 0.485 e. The molecule has 1 aromatic carbocycles. The second-order valence-electron chi connectivity index (χ2n) is 6.66. The summed E-state index contributed by atoms with van der Waals surface area (Å²) in [5, 5.41) is 22.5. The van der Waals surface area contributed by atoms with Gasteiger partial charge in [-0.05, 0) is 38.5 Å². The number of rotatable bonds is 3. The molecule has 0 spiro atoms. The van der Waals surface area contributed by atoms with Crippen LogP contribution in [0.15, 0.2) is 23.2 Å². The van der Waals surface area contributed by atoms with Crippen LogP contribution >= 0.6 is 0 Å². The second kappa shape index (κ2) is 6.96. The van der Waals surface area contributed by atoms with E-state index in [1.165, 1.54) is 12.1 Å². The lowest BCUT2D eigenvalue weighted by atomic mass is 9.85. The van der Waals surface area contributed by atoms with Gasteiger partial charge in [0.15, 0.2) is 6.19 Å². The van der Waals surface area contributed by atoms with Crippen molar-refractivity contribution >= 4 is 5.96 Å². The van der Waals surface area contributed by atoms with Crippen LogP contribution in [0.2, 0.25) is 0 Å². The summed E-state index contributed by atoms with van der Waals surface area (Å²) in [6.07, 6.45) is 1.60. The minimum absolute atomic E-state index is 0.0250. The van der Waals surface area contributed by atoms with Gasteiger partial charge in [0.2, 0.25) is 5.96 Å². The van der Waals surface area contributed by atoms with E-state index in [2.05, 4.69) is 15.0 Å². The normalized spacial score (nSPS) is 24.2. The average Bonchev–Trinajstić information content (AvgIpc) is 2.57. The molecule has 140 valence electrons. The third kappa shape index (κ3) is 3.37. The molecule has 2 atom stereocenters. The Kier molecular flexibility index (Phi) is 4.87. The first kappa shape index (κ1) is 18.2. The molecule has 2 aliphatic rings. The fourth-order valence-corrected chi connectivity index (χ4v) is 3.31. The van der Waals surface area contributed by atoms with Crippen LogP contribution in [0.4, 0.5) is 8.78 Å². The van der Waals surface area contributed by atoms with Gasteiger partial charge in [-0.25, -0.2) is 0 Å². The summed E-state index contributed by atoms with van der Waals surface area (Å²) in [6, 6.07) is 3.75. The Hall–Kier alpha value is -2.60. The van der Waals surface area contributed by atoms with E-state index in [9.17, 15) is 13.9 Å². The van der Waals surface area contributed by atoms with Gasteiger partial charge < -0.3 is 19.5 Å². The summed E-state index contributed by atoms with van der Waals surface area (Å²) in [5.74, 6) is 0.781. The minimum Gasteiger partial charge on any atom is -0.485 e. The zero-order chi connectivity index (χ0) is 18.9. The van der Waals surface area contributed by atoms with Crippen LogP contribution < -0.4 is 14.8 Å². The maximum Gasteiger partial charge on any atom is 0.387 e. The van der Waals surface area contributed by atoms with E-state index in [0.717, 1.165) is 6.42 Å². The monoisotopic (exact) mass is 366 g/mol. The smallest absolute Gasteiger partial charge is 0.387 e. The molecule has 26 heavy (non-hydrogen) atoms. The summed E-state index contributed by atoms with van der Waals surface area (Å²) in [5.41, 5.74) is -0.415. The van der Waals surface area contributed by atoms with E-state index in [-0.39, 0.29) is 5.75 Å². The predicted octanol–water partition coefficient (Wildman–Crippen LogP) is 1.99. The van der Waals surface area contributed by atoms with Crippen molar-refractivity contribution in [3.63, 3.8) is 0 Å². The molecular weight excluding hydrogens is 346 g/mol. The highest BCUT2D eigenvalue weighted by molar-refractivity contribution is 5.82. The molecule has 0 saturated heterocycles. The first-order valence-corrected chi connectivity index (χ1v) is 8.25. The molecule has 0 radical (unpaired) electrons. The van der Waals surface area contributed by atoms with Crippen molar-refractivity contribution in [1.82, 2.24) is 10.2 Å². The van der Waals surface area contributed by atoms with Crippen LogP contribution in [-0.2, 0) is 0 Å². The number of nitriles is 1. The van der Waals surface area contributed by atoms with Crippen molar-refractivity contribution in [2.45, 2.75) is 44.6 Å². The number of benzene rings is 1. The molecule has 2 N–H and O–H groups in total. The zero-order valence-electron chi connectivity index (χ0n) is 14.4. The van der Waals surface area contributed by atoms with E-state index >= 15 is 0 Å². The number of aliphatic hydroxyl groups is 1. The number of aliphatic imine (C=N–C) groups is 1. The SMILES string of the molecule is CC1(C)Oc2ccc(OC(F)F)cc2C(N2CCCN=C2NC#N)C1O. The van der Waals surface area contributed by atoms with Crippen LogP contribution in [0.1, 0.15) is 31.9 Å². The van der Waals surface area contributed by atoms with Crippen LogP contribution in [0, 0.1) is 11.5 Å². The highest BCUT2D eigenvalue weighted by atomic mass is 19.3. The van der Waals surface area contributed by atoms with Crippen molar-refractivity contribution in [1.29, 1.82) is 5.26 Å². The van der Waals surface area contributed by atoms with Gasteiger partial charge >= 0.3 is 6.61 Å². The first-order valence-electron chi connectivity index (χ1n) is 8.25. The summed E-state index contributed by atoms with van der Waals surface area (Å²) in [7, 11) is 0. The van der Waals surface area contributed by atoms with Crippen molar-refractivity contribution in [3.05, 3.63) is 23.8 Å². The number of guanidine groups is 1. The molecule has 7 nitrogen and oxygen atoms in total. The number of hydrogen-bond acceptors (Lipinski definition) is 7. The number of fused-ring (bicyclic) bond motifs is 1. The van der Waals surface area contributed by atoms with Gasteiger partial charge in [0.05, 0.1) is 6.04 Å². The number of halogens is 2. The third-order valence-corrected chi connectivity index (χ3v) is 4.50. The molecule has 2 heterocycles. The Morgan fingerprint density at radius 1 is 1.50 bits per heavy atom. The number of alkyl halides is 2. The summed E-state index contributed by atoms with van der Waals surface area (Å²) >= 11 is 0. The molecule has 0 fully saturated rings. The lowest BCUT2D eigenvalue weighted by Gasteiger charge is -2.47. The molecule has 2 aliphatic heterocycles. The van der Waals surface area contributed by atoms with Gasteiger partial charge in [0.1, 0.15) is 23.2 Å². The van der Waals surface area contributed by atoms with E-state index in [1.807, 2.05) is 6.19 Å². The molecule has 3 rings (SSSR count). The van der Waals surface area contributed by atoms with E-state index in [1.54, 1.807) is 24.8 Å². The predicted molar refractivity (Wildman–Crippen MR) is 88.9 cm³/mol. The summed E-state index contributed by atoms with van der Waals surface area (Å²) in [4.78, 5) is 6.08. The highest BCUT2D eigenvalue weighted by Crippen LogP contribution is 2.44. The average molecular weight is 366 g/mol. The van der Waals surface area contributed by atoms with Crippen LogP contribution in [0.3, 0.4) is 0 Å². The maximum absolute atomic E-state index is 12.6. The second-order valence-corrected chi connectivity index (χ2v) is 6.66. The maximum atomic E-state index is 12.6. The van der Waals surface area contributed by atoms with Crippen molar-refractivity contribution in [2.24, 2.45) is 4.99 Å². The number of hydrogen-bond donors (Lipinski definition) is 2. The molecule has 0 aliphatic carbocycles. The molecule has 0 saturated carbocycles. The van der Waals surface area contributed by atoms with Crippen LogP contribution in [0.5, 0.6) is 11.5 Å². The van der Waals surface area contributed by atoms with Crippen LogP contribution in [0.25, 0.3) is 0 Å². The lowest BCUT2D eigenvalue weighted by Crippen LogP contribution is -2.57. The Balaban J connectivity index is 2.06. The lowest BCUT2D eigenvalue weighted by molar-refractivity contribution is -0.0832. The fraction of sp³-hybridized carbons (Fsp3) is 0.529. The van der Waals surface area contributed by atoms with Crippen molar-refractivity contribution in [2.75, 3.05) is 13.1 Å². The molecule has 0 aromatic heterocycles. The number of nitrogens with one attached hydrogen (secondary N) is 1. The molecular formula is C17H20F2N4O3. The van der Waals surface area contributed by atoms with Crippen molar-refractivity contribution in [3.8, 4) is 17.7 Å². The number of aliphatic hydroxyl groups excluding tert-OH is 1. The third-order valence-electron chi connectivity index (χ3n) is 4.50. The highest BCUT2D eigenvalue weighted by Gasteiger charge is 2.46. The van der Waals surface area contributed by atoms with Gasteiger partial charge in [0, 0.05) is 18.7 Å².